The Bertz CT molecular complexity index is 355. The number of carbonyl (C=O) groups excluding carboxylic acids is 1. The lowest BCUT2D eigenvalue weighted by Crippen LogP contribution is -2.29. The smallest absolute Gasteiger partial charge is 0.251 e. The standard InChI is InChI=1S/C15H24N2O/c1-4-17(5-2)12-6-11-16-15(18)14-9-7-13(3)8-10-14/h7-10H,4-6,11-12H2,1-3H3,(H,16,18). The fourth-order valence-electron chi connectivity index (χ4n) is 1.85. The Morgan fingerprint density at radius 1 is 1.17 bits per heavy atom. The van der Waals surface area contributed by atoms with Gasteiger partial charge in [0.05, 0.1) is 0 Å². The van der Waals surface area contributed by atoms with E-state index in [0.717, 1.165) is 38.2 Å². The molecule has 1 N–H and O–H groups in total. The molecule has 0 atom stereocenters. The minimum atomic E-state index is 0.0227. The van der Waals surface area contributed by atoms with Crippen LogP contribution in [-0.4, -0.2) is 37.0 Å². The molecule has 0 bridgehead atoms. The first-order chi connectivity index (χ1) is 8.67. The normalized spacial score (nSPS) is 10.7. The number of aryl methyl sites for hydroxylation is 1. The molecule has 0 saturated heterocycles. The van der Waals surface area contributed by atoms with E-state index in [-0.39, 0.29) is 5.91 Å². The van der Waals surface area contributed by atoms with Crippen LogP contribution in [0.2, 0.25) is 0 Å². The number of hydrogen-bond acceptors (Lipinski definition) is 2. The second-order valence-electron chi connectivity index (χ2n) is 4.50. The highest BCUT2D eigenvalue weighted by atomic mass is 16.1. The van der Waals surface area contributed by atoms with Gasteiger partial charge < -0.3 is 10.2 Å². The van der Waals surface area contributed by atoms with Crippen molar-refractivity contribution in [1.82, 2.24) is 10.2 Å². The highest BCUT2D eigenvalue weighted by Gasteiger charge is 2.04. The SMILES string of the molecule is CCN(CC)CCCNC(=O)c1ccc(C)cc1. The molecule has 0 aliphatic heterocycles. The van der Waals surface area contributed by atoms with E-state index in [2.05, 4.69) is 24.1 Å². The van der Waals surface area contributed by atoms with Crippen LogP contribution in [0.15, 0.2) is 24.3 Å². The zero-order valence-corrected chi connectivity index (χ0v) is 11.7. The number of rotatable bonds is 7. The Morgan fingerprint density at radius 3 is 2.33 bits per heavy atom. The van der Waals surface area contributed by atoms with E-state index in [9.17, 15) is 4.79 Å². The van der Waals surface area contributed by atoms with Crippen LogP contribution in [-0.2, 0) is 0 Å². The third kappa shape index (κ3) is 4.88. The number of amides is 1. The lowest BCUT2D eigenvalue weighted by Gasteiger charge is -2.17. The number of nitrogens with zero attached hydrogens (tertiary/aromatic N) is 1. The summed E-state index contributed by atoms with van der Waals surface area (Å²) in [7, 11) is 0. The van der Waals surface area contributed by atoms with Crippen LogP contribution in [0.5, 0.6) is 0 Å². The van der Waals surface area contributed by atoms with Gasteiger partial charge in [0, 0.05) is 12.1 Å². The van der Waals surface area contributed by atoms with Gasteiger partial charge in [0.1, 0.15) is 0 Å². The zero-order chi connectivity index (χ0) is 13.4. The van der Waals surface area contributed by atoms with Crippen LogP contribution in [0, 0.1) is 6.92 Å². The third-order valence-corrected chi connectivity index (χ3v) is 3.14. The van der Waals surface area contributed by atoms with Crippen molar-refractivity contribution in [2.24, 2.45) is 0 Å². The van der Waals surface area contributed by atoms with Crippen molar-refractivity contribution in [1.29, 1.82) is 0 Å². The molecule has 0 aliphatic carbocycles. The van der Waals surface area contributed by atoms with Crippen LogP contribution in [0.1, 0.15) is 36.2 Å². The molecule has 0 aromatic heterocycles. The quantitative estimate of drug-likeness (QED) is 0.752. The van der Waals surface area contributed by atoms with Gasteiger partial charge in [-0.3, -0.25) is 4.79 Å². The van der Waals surface area contributed by atoms with E-state index in [1.807, 2.05) is 31.2 Å². The molecule has 0 aliphatic rings. The van der Waals surface area contributed by atoms with E-state index in [1.165, 1.54) is 5.56 Å². The Hall–Kier alpha value is -1.35. The number of carbonyl (C=O) groups is 1. The molecule has 18 heavy (non-hydrogen) atoms. The molecule has 0 unspecified atom stereocenters. The second-order valence-corrected chi connectivity index (χ2v) is 4.50. The van der Waals surface area contributed by atoms with Crippen molar-refractivity contribution < 1.29 is 4.79 Å². The maximum absolute atomic E-state index is 11.8. The van der Waals surface area contributed by atoms with Gasteiger partial charge in [0.15, 0.2) is 0 Å². The van der Waals surface area contributed by atoms with Crippen LogP contribution < -0.4 is 5.32 Å². The zero-order valence-electron chi connectivity index (χ0n) is 11.7. The van der Waals surface area contributed by atoms with Crippen molar-refractivity contribution in [2.45, 2.75) is 27.2 Å². The lowest BCUT2D eigenvalue weighted by molar-refractivity contribution is 0.0952. The van der Waals surface area contributed by atoms with E-state index < -0.39 is 0 Å². The molecule has 100 valence electrons. The predicted molar refractivity (Wildman–Crippen MR) is 75.9 cm³/mol. The Morgan fingerprint density at radius 2 is 1.78 bits per heavy atom. The molecule has 0 spiro atoms. The molecule has 0 saturated carbocycles. The number of hydrogen-bond donors (Lipinski definition) is 1. The number of benzene rings is 1. The van der Waals surface area contributed by atoms with E-state index in [4.69, 9.17) is 0 Å². The van der Waals surface area contributed by atoms with Gasteiger partial charge in [-0.25, -0.2) is 0 Å². The molecular weight excluding hydrogens is 224 g/mol. The van der Waals surface area contributed by atoms with Gasteiger partial charge >= 0.3 is 0 Å². The Balaban J connectivity index is 2.27. The molecule has 0 radical (unpaired) electrons. The van der Waals surface area contributed by atoms with Gasteiger partial charge in [-0.05, 0) is 45.1 Å². The van der Waals surface area contributed by atoms with E-state index in [1.54, 1.807) is 0 Å². The van der Waals surface area contributed by atoms with E-state index in [0.29, 0.717) is 0 Å². The molecule has 3 nitrogen and oxygen atoms in total. The van der Waals surface area contributed by atoms with Crippen molar-refractivity contribution in [3.63, 3.8) is 0 Å². The fraction of sp³-hybridized carbons (Fsp3) is 0.533. The molecule has 1 aromatic carbocycles. The van der Waals surface area contributed by atoms with Gasteiger partial charge in [-0.1, -0.05) is 31.5 Å². The summed E-state index contributed by atoms with van der Waals surface area (Å²) < 4.78 is 0. The summed E-state index contributed by atoms with van der Waals surface area (Å²) in [5.74, 6) is 0.0227. The minimum absolute atomic E-state index is 0.0227. The molecule has 1 aromatic rings. The first-order valence-corrected chi connectivity index (χ1v) is 6.74. The minimum Gasteiger partial charge on any atom is -0.352 e. The molecule has 0 heterocycles. The maximum Gasteiger partial charge on any atom is 0.251 e. The molecule has 0 fully saturated rings. The summed E-state index contributed by atoms with van der Waals surface area (Å²) in [6.07, 6.45) is 0.999. The van der Waals surface area contributed by atoms with Gasteiger partial charge in [0.25, 0.3) is 5.91 Å². The van der Waals surface area contributed by atoms with Crippen molar-refractivity contribution >= 4 is 5.91 Å². The summed E-state index contributed by atoms with van der Waals surface area (Å²) in [5, 5.41) is 2.96. The molecule has 3 heteroatoms. The monoisotopic (exact) mass is 248 g/mol. The number of nitrogens with one attached hydrogen (secondary N) is 1. The molecule has 1 rings (SSSR count). The topological polar surface area (TPSA) is 32.3 Å². The average molecular weight is 248 g/mol. The highest BCUT2D eigenvalue weighted by molar-refractivity contribution is 5.94. The van der Waals surface area contributed by atoms with Gasteiger partial charge in [-0.15, -0.1) is 0 Å². The average Bonchev–Trinajstić information content (AvgIpc) is 2.39. The van der Waals surface area contributed by atoms with Crippen LogP contribution in [0.4, 0.5) is 0 Å². The van der Waals surface area contributed by atoms with Crippen LogP contribution in [0.3, 0.4) is 0 Å². The van der Waals surface area contributed by atoms with Crippen molar-refractivity contribution in [3.8, 4) is 0 Å². The first-order valence-electron chi connectivity index (χ1n) is 6.74. The predicted octanol–water partition coefficient (Wildman–Crippen LogP) is 2.46. The third-order valence-electron chi connectivity index (χ3n) is 3.14. The molecule has 1 amide bonds. The van der Waals surface area contributed by atoms with Crippen LogP contribution >= 0.6 is 0 Å². The van der Waals surface area contributed by atoms with Gasteiger partial charge in [-0.2, -0.15) is 0 Å². The first kappa shape index (κ1) is 14.7. The summed E-state index contributed by atoms with van der Waals surface area (Å²) >= 11 is 0. The summed E-state index contributed by atoms with van der Waals surface area (Å²) in [6.45, 7) is 10.3. The molecular formula is C15H24N2O. The highest BCUT2D eigenvalue weighted by Crippen LogP contribution is 2.02. The Labute approximate surface area is 110 Å². The fourth-order valence-corrected chi connectivity index (χ4v) is 1.85. The largest absolute Gasteiger partial charge is 0.352 e. The maximum atomic E-state index is 11.8. The second kappa shape index (κ2) is 7.88. The van der Waals surface area contributed by atoms with Gasteiger partial charge in [0.2, 0.25) is 0 Å². The summed E-state index contributed by atoms with van der Waals surface area (Å²) in [6, 6.07) is 7.67. The van der Waals surface area contributed by atoms with Crippen molar-refractivity contribution in [2.75, 3.05) is 26.2 Å². The summed E-state index contributed by atoms with van der Waals surface area (Å²) in [4.78, 5) is 14.2. The van der Waals surface area contributed by atoms with Crippen molar-refractivity contribution in [3.05, 3.63) is 35.4 Å². The van der Waals surface area contributed by atoms with E-state index >= 15 is 0 Å². The van der Waals surface area contributed by atoms with Crippen LogP contribution in [0.25, 0.3) is 0 Å². The summed E-state index contributed by atoms with van der Waals surface area (Å²) in [5.41, 5.74) is 1.91. The Kier molecular flexibility index (Phi) is 6.44. The lowest BCUT2D eigenvalue weighted by atomic mass is 10.1.